The Morgan fingerprint density at radius 3 is 3.07 bits per heavy atom. The van der Waals surface area contributed by atoms with Gasteiger partial charge in [-0.15, -0.1) is 0 Å². The first-order chi connectivity index (χ1) is 6.81. The van der Waals surface area contributed by atoms with Crippen LogP contribution in [0.5, 0.6) is 5.75 Å². The Kier molecular flexibility index (Phi) is 2.39. The van der Waals surface area contributed by atoms with E-state index in [1.54, 1.807) is 0 Å². The SMILES string of the molecule is CCNC(=O)C1Cc2ccccc2O1. The molecule has 1 amide bonds. The Balaban J connectivity index is 2.08. The standard InChI is InChI=1S/C11H13NO2/c1-2-12-11(13)10-7-8-5-3-4-6-9(8)14-10/h3-6,10H,2,7H2,1H3,(H,12,13). The number of hydrogen-bond acceptors (Lipinski definition) is 2. The molecule has 0 saturated carbocycles. The largest absolute Gasteiger partial charge is 0.480 e. The molecule has 1 atom stereocenters. The molecule has 0 fully saturated rings. The van der Waals surface area contributed by atoms with Crippen molar-refractivity contribution in [3.8, 4) is 5.75 Å². The molecule has 1 N–H and O–H groups in total. The van der Waals surface area contributed by atoms with Crippen LogP contribution in [0.1, 0.15) is 12.5 Å². The van der Waals surface area contributed by atoms with Gasteiger partial charge in [0.05, 0.1) is 0 Å². The number of hydrogen-bond donors (Lipinski definition) is 1. The zero-order valence-corrected chi connectivity index (χ0v) is 8.12. The van der Waals surface area contributed by atoms with Gasteiger partial charge in [0.25, 0.3) is 5.91 Å². The highest BCUT2D eigenvalue weighted by atomic mass is 16.5. The van der Waals surface area contributed by atoms with E-state index >= 15 is 0 Å². The van der Waals surface area contributed by atoms with E-state index in [9.17, 15) is 4.79 Å². The lowest BCUT2D eigenvalue weighted by atomic mass is 10.1. The molecule has 14 heavy (non-hydrogen) atoms. The van der Waals surface area contributed by atoms with Crippen LogP contribution in [0.3, 0.4) is 0 Å². The summed E-state index contributed by atoms with van der Waals surface area (Å²) in [7, 11) is 0. The number of likely N-dealkylation sites (N-methyl/N-ethyl adjacent to an activating group) is 1. The molecule has 3 nitrogen and oxygen atoms in total. The van der Waals surface area contributed by atoms with Crippen molar-refractivity contribution in [3.05, 3.63) is 29.8 Å². The number of fused-ring (bicyclic) bond motifs is 1. The van der Waals surface area contributed by atoms with Crippen molar-refractivity contribution in [2.45, 2.75) is 19.4 Å². The van der Waals surface area contributed by atoms with Crippen molar-refractivity contribution >= 4 is 5.91 Å². The molecule has 3 heteroatoms. The predicted molar refractivity (Wildman–Crippen MR) is 53.2 cm³/mol. The smallest absolute Gasteiger partial charge is 0.261 e. The van der Waals surface area contributed by atoms with Crippen LogP contribution < -0.4 is 10.1 Å². The van der Waals surface area contributed by atoms with Gasteiger partial charge in [0, 0.05) is 13.0 Å². The van der Waals surface area contributed by atoms with Crippen molar-refractivity contribution in [3.63, 3.8) is 0 Å². The lowest BCUT2D eigenvalue weighted by molar-refractivity contribution is -0.127. The molecule has 1 aliphatic heterocycles. The normalized spacial score (nSPS) is 18.5. The maximum Gasteiger partial charge on any atom is 0.261 e. The zero-order valence-electron chi connectivity index (χ0n) is 8.12. The number of rotatable bonds is 2. The Labute approximate surface area is 83.1 Å². The number of carbonyl (C=O) groups is 1. The monoisotopic (exact) mass is 191 g/mol. The summed E-state index contributed by atoms with van der Waals surface area (Å²) in [5.74, 6) is 0.812. The van der Waals surface area contributed by atoms with Crippen LogP contribution >= 0.6 is 0 Å². The highest BCUT2D eigenvalue weighted by molar-refractivity contribution is 5.82. The van der Waals surface area contributed by atoms with E-state index in [1.807, 2.05) is 31.2 Å². The molecule has 1 aromatic rings. The number of ether oxygens (including phenoxy) is 1. The summed E-state index contributed by atoms with van der Waals surface area (Å²) < 4.78 is 5.51. The van der Waals surface area contributed by atoms with Crippen LogP contribution in [0.2, 0.25) is 0 Å². The lowest BCUT2D eigenvalue weighted by Crippen LogP contribution is -2.37. The van der Waals surface area contributed by atoms with Crippen LogP contribution in [0, 0.1) is 0 Å². The third-order valence-electron chi connectivity index (χ3n) is 2.29. The number of carbonyl (C=O) groups excluding carboxylic acids is 1. The van der Waals surface area contributed by atoms with E-state index in [-0.39, 0.29) is 12.0 Å². The Morgan fingerprint density at radius 2 is 2.36 bits per heavy atom. The molecule has 0 aromatic heterocycles. The fourth-order valence-corrected chi connectivity index (χ4v) is 1.62. The van der Waals surface area contributed by atoms with Crippen LogP contribution in [0.4, 0.5) is 0 Å². The summed E-state index contributed by atoms with van der Waals surface area (Å²) >= 11 is 0. The number of amides is 1. The highest BCUT2D eigenvalue weighted by Crippen LogP contribution is 2.27. The summed E-state index contributed by atoms with van der Waals surface area (Å²) in [4.78, 5) is 11.5. The topological polar surface area (TPSA) is 38.3 Å². The van der Waals surface area contributed by atoms with Crippen molar-refractivity contribution < 1.29 is 9.53 Å². The van der Waals surface area contributed by atoms with E-state index in [1.165, 1.54) is 0 Å². The Hall–Kier alpha value is -1.51. The Bertz CT molecular complexity index is 324. The van der Waals surface area contributed by atoms with Crippen molar-refractivity contribution in [2.75, 3.05) is 6.54 Å². The minimum Gasteiger partial charge on any atom is -0.480 e. The second-order valence-corrected chi connectivity index (χ2v) is 3.31. The molecule has 1 unspecified atom stereocenters. The fraction of sp³-hybridized carbons (Fsp3) is 0.364. The van der Waals surface area contributed by atoms with Crippen molar-refractivity contribution in [1.82, 2.24) is 5.32 Å². The van der Waals surface area contributed by atoms with E-state index in [4.69, 9.17) is 4.74 Å². The van der Waals surface area contributed by atoms with Gasteiger partial charge in [0.2, 0.25) is 0 Å². The molecule has 0 saturated heterocycles. The first-order valence-electron chi connectivity index (χ1n) is 4.83. The van der Waals surface area contributed by atoms with Crippen LogP contribution in [0.15, 0.2) is 24.3 Å². The van der Waals surface area contributed by atoms with Gasteiger partial charge in [-0.1, -0.05) is 18.2 Å². The zero-order chi connectivity index (χ0) is 9.97. The molecular formula is C11H13NO2. The van der Waals surface area contributed by atoms with Gasteiger partial charge >= 0.3 is 0 Å². The lowest BCUT2D eigenvalue weighted by Gasteiger charge is -2.09. The molecule has 0 radical (unpaired) electrons. The average Bonchev–Trinajstić information content (AvgIpc) is 2.61. The minimum absolute atomic E-state index is 0.0244. The van der Waals surface area contributed by atoms with E-state index < -0.39 is 0 Å². The van der Waals surface area contributed by atoms with Crippen LogP contribution in [-0.2, 0) is 11.2 Å². The molecule has 0 bridgehead atoms. The van der Waals surface area contributed by atoms with Gasteiger partial charge in [-0.2, -0.15) is 0 Å². The third kappa shape index (κ3) is 1.58. The van der Waals surface area contributed by atoms with E-state index in [0.717, 1.165) is 11.3 Å². The maximum atomic E-state index is 11.5. The first-order valence-corrected chi connectivity index (χ1v) is 4.83. The molecule has 1 aromatic carbocycles. The predicted octanol–water partition coefficient (Wildman–Crippen LogP) is 1.13. The third-order valence-corrected chi connectivity index (χ3v) is 2.29. The average molecular weight is 191 g/mol. The summed E-state index contributed by atoms with van der Waals surface area (Å²) in [5.41, 5.74) is 1.11. The van der Waals surface area contributed by atoms with E-state index in [0.29, 0.717) is 13.0 Å². The van der Waals surface area contributed by atoms with Gasteiger partial charge < -0.3 is 10.1 Å². The second-order valence-electron chi connectivity index (χ2n) is 3.31. The summed E-state index contributed by atoms with van der Waals surface area (Å²) in [6.45, 7) is 2.55. The molecule has 1 aliphatic rings. The van der Waals surface area contributed by atoms with Gasteiger partial charge in [0.1, 0.15) is 5.75 Å². The first kappa shape index (κ1) is 9.06. The quantitative estimate of drug-likeness (QED) is 0.761. The summed E-state index contributed by atoms with van der Waals surface area (Å²) in [5, 5.41) is 2.76. The highest BCUT2D eigenvalue weighted by Gasteiger charge is 2.27. The van der Waals surface area contributed by atoms with E-state index in [2.05, 4.69) is 5.32 Å². The molecule has 74 valence electrons. The summed E-state index contributed by atoms with van der Waals surface area (Å²) in [6.07, 6.45) is 0.342. The van der Waals surface area contributed by atoms with Gasteiger partial charge in [-0.3, -0.25) is 4.79 Å². The van der Waals surface area contributed by atoms with Crippen LogP contribution in [-0.4, -0.2) is 18.6 Å². The molecule has 2 rings (SSSR count). The Morgan fingerprint density at radius 1 is 1.57 bits per heavy atom. The van der Waals surface area contributed by atoms with Crippen molar-refractivity contribution in [2.24, 2.45) is 0 Å². The van der Waals surface area contributed by atoms with Gasteiger partial charge in [-0.05, 0) is 18.6 Å². The second kappa shape index (κ2) is 3.70. The van der Waals surface area contributed by atoms with Gasteiger partial charge in [-0.25, -0.2) is 0 Å². The van der Waals surface area contributed by atoms with Crippen LogP contribution in [0.25, 0.3) is 0 Å². The molecule has 1 heterocycles. The number of nitrogens with one attached hydrogen (secondary N) is 1. The van der Waals surface area contributed by atoms with Gasteiger partial charge in [0.15, 0.2) is 6.10 Å². The van der Waals surface area contributed by atoms with Crippen molar-refractivity contribution in [1.29, 1.82) is 0 Å². The number of para-hydroxylation sites is 1. The fourth-order valence-electron chi connectivity index (χ4n) is 1.62. The maximum absolute atomic E-state index is 11.5. The molecular weight excluding hydrogens is 178 g/mol. The molecule has 0 aliphatic carbocycles. The summed E-state index contributed by atoms with van der Waals surface area (Å²) in [6, 6.07) is 7.77. The number of benzene rings is 1. The minimum atomic E-state index is -0.340. The molecule has 0 spiro atoms.